The van der Waals surface area contributed by atoms with Gasteiger partial charge in [0.05, 0.1) is 0 Å². The molecule has 7 heavy (non-hydrogen) atoms. The summed E-state index contributed by atoms with van der Waals surface area (Å²) in [5, 5.41) is 0. The van der Waals surface area contributed by atoms with Crippen LogP contribution < -0.4 is 5.43 Å². The van der Waals surface area contributed by atoms with Gasteiger partial charge in [-0.15, -0.1) is 0 Å². The molecule has 3 heteroatoms. The minimum absolute atomic E-state index is 0.0405. The Morgan fingerprint density at radius 3 is 2.86 bits per heavy atom. The first kappa shape index (κ1) is 4.31. The maximum atomic E-state index is 10.2. The van der Waals surface area contributed by atoms with Gasteiger partial charge in [-0.1, -0.05) is 0 Å². The molecule has 0 saturated carbocycles. The molecule has 0 aromatic carbocycles. The van der Waals surface area contributed by atoms with Crippen molar-refractivity contribution in [1.82, 2.24) is 4.89 Å². The van der Waals surface area contributed by atoms with Gasteiger partial charge >= 0.3 is 40.4 Å². The van der Waals surface area contributed by atoms with Crippen molar-refractivity contribution in [2.75, 3.05) is 0 Å². The molecule has 0 bridgehead atoms. The van der Waals surface area contributed by atoms with Crippen molar-refractivity contribution in [2.24, 2.45) is 0 Å². The number of aromatic amines is 1. The van der Waals surface area contributed by atoms with Gasteiger partial charge in [-0.05, 0) is 0 Å². The van der Waals surface area contributed by atoms with Gasteiger partial charge in [-0.25, -0.2) is 0 Å². The van der Waals surface area contributed by atoms with Crippen LogP contribution in [0.2, 0.25) is 0 Å². The second-order valence-electron chi connectivity index (χ2n) is 1.24. The zero-order valence-electron chi connectivity index (χ0n) is 3.72. The molecular weight excluding hydrogens is 88.9 g/mol. The zero-order chi connectivity index (χ0) is 5.11. The Kier molecular flexibility index (Phi) is 1.07. The third kappa shape index (κ3) is 0.997. The number of nitrogens with one attached hydrogen (secondary N) is 1. The van der Waals surface area contributed by atoms with Gasteiger partial charge in [0.25, 0.3) is 0 Å². The van der Waals surface area contributed by atoms with Crippen LogP contribution in [0.5, 0.6) is 0 Å². The Balaban J connectivity index is 3.28. The Morgan fingerprint density at radius 1 is 1.71 bits per heavy atom. The summed E-state index contributed by atoms with van der Waals surface area (Å²) in [5.74, 6) is 1.47. The van der Waals surface area contributed by atoms with Crippen molar-refractivity contribution in [3.8, 4) is 0 Å². The summed E-state index contributed by atoms with van der Waals surface area (Å²) in [6.45, 7) is 0. The monoisotopic (exact) mass is 93.0 g/mol. The Bertz CT molecular complexity index is 177. The summed E-state index contributed by atoms with van der Waals surface area (Å²) in [7, 11) is 1.60. The van der Waals surface area contributed by atoms with Crippen molar-refractivity contribution in [3.63, 3.8) is 0 Å². The van der Waals surface area contributed by atoms with E-state index >= 15 is 0 Å². The summed E-state index contributed by atoms with van der Waals surface area (Å²) in [4.78, 5) is 13.0. The minimum atomic E-state index is 0.0405. The van der Waals surface area contributed by atoms with Crippen LogP contribution in [0.1, 0.15) is 0 Å². The molecule has 0 aliphatic carbocycles. The number of rotatable bonds is 0. The average Bonchev–Trinajstić information content (AvgIpc) is 1.69. The molecule has 0 fully saturated rings. The van der Waals surface area contributed by atoms with Crippen LogP contribution in [0.15, 0.2) is 23.0 Å². The van der Waals surface area contributed by atoms with E-state index in [0.29, 0.717) is 0 Å². The fraction of sp³-hybridized carbons (Fsp3) is 0. The molecule has 1 aromatic rings. The van der Waals surface area contributed by atoms with Crippen molar-refractivity contribution >= 4 is 7.05 Å². The van der Waals surface area contributed by atoms with Crippen molar-refractivity contribution < 1.29 is 0 Å². The summed E-state index contributed by atoms with van der Waals surface area (Å²) in [6, 6.07) is 1.47. The van der Waals surface area contributed by atoms with Crippen LogP contribution in [0.4, 0.5) is 0 Å². The SMILES string of the molecule is O=c1cb[nH]cc1. The van der Waals surface area contributed by atoms with Gasteiger partial charge in [-0.2, -0.15) is 0 Å². The van der Waals surface area contributed by atoms with Gasteiger partial charge in [-0.3, -0.25) is 0 Å². The van der Waals surface area contributed by atoms with Crippen molar-refractivity contribution in [2.45, 2.75) is 0 Å². The molecule has 1 N–H and O–H groups in total. The predicted molar refractivity (Wildman–Crippen MR) is 28.4 cm³/mol. The van der Waals surface area contributed by atoms with Gasteiger partial charge < -0.3 is 0 Å². The van der Waals surface area contributed by atoms with Gasteiger partial charge in [0, 0.05) is 0 Å². The fourth-order valence-corrected chi connectivity index (χ4v) is 0.372. The molecule has 0 unspecified atom stereocenters. The third-order valence-corrected chi connectivity index (χ3v) is 0.688. The molecule has 0 spiro atoms. The van der Waals surface area contributed by atoms with E-state index in [9.17, 15) is 4.79 Å². The number of hydrogen-bond donors (Lipinski definition) is 1. The molecule has 0 amide bonds. The van der Waals surface area contributed by atoms with Crippen LogP contribution in [-0.4, -0.2) is 11.9 Å². The van der Waals surface area contributed by atoms with E-state index in [2.05, 4.69) is 4.89 Å². The quantitative estimate of drug-likeness (QED) is 0.469. The second kappa shape index (κ2) is 1.73. The molecule has 0 radical (unpaired) electrons. The topological polar surface area (TPSA) is 32.9 Å². The summed E-state index contributed by atoms with van der Waals surface area (Å²) in [5.41, 5.74) is 0.0405. The molecule has 2 nitrogen and oxygen atoms in total. The first-order valence-corrected chi connectivity index (χ1v) is 2.03. The molecule has 34 valence electrons. The second-order valence-corrected chi connectivity index (χ2v) is 1.24. The summed E-state index contributed by atoms with van der Waals surface area (Å²) >= 11 is 0. The van der Waals surface area contributed by atoms with Crippen LogP contribution in [-0.2, 0) is 0 Å². The van der Waals surface area contributed by atoms with E-state index in [1.54, 1.807) is 13.2 Å². The van der Waals surface area contributed by atoms with Crippen LogP contribution in [0, 0.1) is 0 Å². The molecule has 1 aromatic heterocycles. The number of H-pyrrole nitrogens is 1. The normalized spacial score (nSPS) is 8.00. The zero-order valence-corrected chi connectivity index (χ0v) is 3.72. The number of hydrogen-bond acceptors (Lipinski definition) is 1. The van der Waals surface area contributed by atoms with Crippen LogP contribution >= 0.6 is 0 Å². The maximum absolute atomic E-state index is 10.2. The predicted octanol–water partition coefficient (Wildman–Crippen LogP) is -0.287. The van der Waals surface area contributed by atoms with Crippen molar-refractivity contribution in [1.29, 1.82) is 0 Å². The average molecular weight is 92.9 g/mol. The summed E-state index contributed by atoms with van der Waals surface area (Å²) < 4.78 is 0. The number of aromatic nitrogens is 1. The first-order chi connectivity index (χ1) is 3.39. The molecule has 1 heterocycles. The first-order valence-electron chi connectivity index (χ1n) is 2.03. The fourth-order valence-electron chi connectivity index (χ4n) is 0.372. The van der Waals surface area contributed by atoms with Crippen LogP contribution in [0.3, 0.4) is 0 Å². The molecule has 0 atom stereocenters. The Hall–Kier alpha value is -0.855. The molecule has 0 saturated heterocycles. The van der Waals surface area contributed by atoms with E-state index in [-0.39, 0.29) is 5.43 Å². The molecule has 0 aliphatic rings. The Morgan fingerprint density at radius 2 is 2.57 bits per heavy atom. The molecule has 1 rings (SSSR count). The molecule has 0 aliphatic heterocycles. The summed E-state index contributed by atoms with van der Waals surface area (Å²) in [6.07, 6.45) is 1.60. The third-order valence-electron chi connectivity index (χ3n) is 0.688. The van der Waals surface area contributed by atoms with E-state index < -0.39 is 0 Å². The molecular formula is C4H4BNO. The van der Waals surface area contributed by atoms with E-state index in [1.807, 2.05) is 0 Å². The van der Waals surface area contributed by atoms with Crippen molar-refractivity contribution in [3.05, 3.63) is 28.4 Å². The van der Waals surface area contributed by atoms with E-state index in [1.165, 1.54) is 12.0 Å². The van der Waals surface area contributed by atoms with Gasteiger partial charge in [0.15, 0.2) is 0 Å². The van der Waals surface area contributed by atoms with Gasteiger partial charge in [0.2, 0.25) is 0 Å². The Labute approximate surface area is 41.4 Å². The van der Waals surface area contributed by atoms with E-state index in [0.717, 1.165) is 0 Å². The van der Waals surface area contributed by atoms with E-state index in [4.69, 9.17) is 0 Å². The van der Waals surface area contributed by atoms with Gasteiger partial charge in [0.1, 0.15) is 0 Å². The standard InChI is InChI=1S/C4H4BNO/c7-4-1-2-6-5-3-4/h1-3,6H. The van der Waals surface area contributed by atoms with Crippen LogP contribution in [0.25, 0.3) is 0 Å².